The molecule has 0 saturated heterocycles. The van der Waals surface area contributed by atoms with Crippen molar-refractivity contribution in [2.24, 2.45) is 0 Å². The fourth-order valence-electron chi connectivity index (χ4n) is 1.23. The van der Waals surface area contributed by atoms with Crippen molar-refractivity contribution >= 4 is 22.6 Å². The lowest BCUT2D eigenvalue weighted by Crippen LogP contribution is -1.79. The summed E-state index contributed by atoms with van der Waals surface area (Å²) in [5.41, 5.74) is 1.40. The first-order valence-corrected chi connectivity index (χ1v) is 4.42. The van der Waals surface area contributed by atoms with Crippen LogP contribution in [0.15, 0.2) is 12.1 Å². The normalized spacial score (nSPS) is 11.0. The Labute approximate surface area is 79.7 Å². The zero-order valence-corrected chi connectivity index (χ0v) is 7.82. The number of rotatable bonds is 1. The van der Waals surface area contributed by atoms with Crippen LogP contribution in [0.2, 0.25) is 5.02 Å². The van der Waals surface area contributed by atoms with Crippen LogP contribution in [0.25, 0.3) is 11.0 Å². The third-order valence-electron chi connectivity index (χ3n) is 1.91. The summed E-state index contributed by atoms with van der Waals surface area (Å²) in [4.78, 5) is 7.23. The molecule has 1 heterocycles. The first kappa shape index (κ1) is 8.51. The Morgan fingerprint density at radius 2 is 2.31 bits per heavy atom. The summed E-state index contributed by atoms with van der Waals surface area (Å²) in [6.07, 6.45) is 0.800. The average molecular weight is 199 g/mol. The van der Waals surface area contributed by atoms with Crippen LogP contribution in [0.1, 0.15) is 12.7 Å². The quantitative estimate of drug-likeness (QED) is 0.750. The van der Waals surface area contributed by atoms with Gasteiger partial charge in [0.25, 0.3) is 0 Å². The van der Waals surface area contributed by atoms with Gasteiger partial charge in [-0.25, -0.2) is 9.37 Å². The molecule has 68 valence electrons. The first-order valence-electron chi connectivity index (χ1n) is 4.04. The van der Waals surface area contributed by atoms with E-state index in [1.165, 1.54) is 12.1 Å². The minimum absolute atomic E-state index is 0.113. The van der Waals surface area contributed by atoms with E-state index in [-0.39, 0.29) is 5.02 Å². The Kier molecular flexibility index (Phi) is 1.96. The number of aromatic amines is 1. The van der Waals surface area contributed by atoms with Gasteiger partial charge in [-0.05, 0) is 6.07 Å². The maximum absolute atomic E-state index is 13.0. The topological polar surface area (TPSA) is 28.7 Å². The van der Waals surface area contributed by atoms with Gasteiger partial charge in [0.2, 0.25) is 0 Å². The highest BCUT2D eigenvalue weighted by atomic mass is 35.5. The van der Waals surface area contributed by atoms with E-state index in [4.69, 9.17) is 11.6 Å². The van der Waals surface area contributed by atoms with Crippen LogP contribution in [-0.4, -0.2) is 9.97 Å². The van der Waals surface area contributed by atoms with Gasteiger partial charge in [0, 0.05) is 12.5 Å². The summed E-state index contributed by atoms with van der Waals surface area (Å²) in [7, 11) is 0. The maximum atomic E-state index is 13.0. The predicted octanol–water partition coefficient (Wildman–Crippen LogP) is 2.92. The molecule has 0 atom stereocenters. The predicted molar refractivity (Wildman–Crippen MR) is 50.4 cm³/mol. The highest BCUT2D eigenvalue weighted by molar-refractivity contribution is 6.31. The van der Waals surface area contributed by atoms with Crippen LogP contribution in [0.3, 0.4) is 0 Å². The van der Waals surface area contributed by atoms with Gasteiger partial charge in [0.15, 0.2) is 0 Å². The summed E-state index contributed by atoms with van der Waals surface area (Å²) in [5.74, 6) is 0.428. The highest BCUT2D eigenvalue weighted by Crippen LogP contribution is 2.21. The Balaban J connectivity index is 2.70. The van der Waals surface area contributed by atoms with Crippen LogP contribution in [0.4, 0.5) is 4.39 Å². The summed E-state index contributed by atoms with van der Waals surface area (Å²) in [6, 6.07) is 2.89. The number of halogens is 2. The van der Waals surface area contributed by atoms with E-state index in [2.05, 4.69) is 9.97 Å². The fraction of sp³-hybridized carbons (Fsp3) is 0.222. The fourth-order valence-corrected chi connectivity index (χ4v) is 1.38. The molecule has 2 rings (SSSR count). The molecular weight excluding hydrogens is 191 g/mol. The number of nitrogens with one attached hydrogen (secondary N) is 1. The Hall–Kier alpha value is -1.09. The van der Waals surface area contributed by atoms with Gasteiger partial charge in [0.05, 0.1) is 16.1 Å². The van der Waals surface area contributed by atoms with E-state index < -0.39 is 5.82 Å². The van der Waals surface area contributed by atoms with Crippen molar-refractivity contribution in [3.8, 4) is 0 Å². The van der Waals surface area contributed by atoms with Gasteiger partial charge in [-0.2, -0.15) is 0 Å². The Bertz CT molecular complexity index is 411. The van der Waals surface area contributed by atoms with E-state index in [0.717, 1.165) is 12.2 Å². The van der Waals surface area contributed by atoms with E-state index in [1.807, 2.05) is 6.92 Å². The average Bonchev–Trinajstić information content (AvgIpc) is 2.48. The number of aromatic nitrogens is 2. The maximum Gasteiger partial charge on any atom is 0.144 e. The molecule has 0 saturated carbocycles. The molecule has 0 aliphatic heterocycles. The van der Waals surface area contributed by atoms with Crippen molar-refractivity contribution in [2.45, 2.75) is 13.3 Å². The van der Waals surface area contributed by atoms with E-state index in [1.54, 1.807) is 0 Å². The monoisotopic (exact) mass is 198 g/mol. The van der Waals surface area contributed by atoms with Crippen LogP contribution < -0.4 is 0 Å². The third kappa shape index (κ3) is 1.40. The lowest BCUT2D eigenvalue weighted by atomic mass is 10.3. The van der Waals surface area contributed by atoms with Gasteiger partial charge < -0.3 is 4.98 Å². The SMILES string of the molecule is CCc1nc2cc(Cl)c(F)cc2[nH]1. The smallest absolute Gasteiger partial charge is 0.144 e. The molecule has 2 nitrogen and oxygen atoms in total. The molecule has 0 bridgehead atoms. The molecule has 0 radical (unpaired) electrons. The standard InChI is InChI=1S/C9H8ClFN2/c1-2-9-12-7-3-5(10)6(11)4-8(7)13-9/h3-4H,2H2,1H3,(H,12,13). The van der Waals surface area contributed by atoms with Gasteiger partial charge in [-0.1, -0.05) is 18.5 Å². The van der Waals surface area contributed by atoms with Crippen LogP contribution >= 0.6 is 11.6 Å². The molecule has 13 heavy (non-hydrogen) atoms. The first-order chi connectivity index (χ1) is 6.20. The molecule has 1 aromatic heterocycles. The molecule has 0 spiro atoms. The molecule has 4 heteroatoms. The number of fused-ring (bicyclic) bond motifs is 1. The van der Waals surface area contributed by atoms with Crippen LogP contribution in [-0.2, 0) is 6.42 Å². The lowest BCUT2D eigenvalue weighted by Gasteiger charge is -1.91. The molecule has 0 unspecified atom stereocenters. The largest absolute Gasteiger partial charge is 0.342 e. The minimum Gasteiger partial charge on any atom is -0.342 e. The number of hydrogen-bond acceptors (Lipinski definition) is 1. The van der Waals surface area contributed by atoms with Gasteiger partial charge in [-0.3, -0.25) is 0 Å². The van der Waals surface area contributed by atoms with Crippen molar-refractivity contribution in [1.82, 2.24) is 9.97 Å². The second-order valence-corrected chi connectivity index (χ2v) is 3.23. The van der Waals surface area contributed by atoms with Gasteiger partial charge in [0.1, 0.15) is 11.6 Å². The third-order valence-corrected chi connectivity index (χ3v) is 2.20. The van der Waals surface area contributed by atoms with E-state index in [0.29, 0.717) is 11.0 Å². The van der Waals surface area contributed by atoms with Crippen LogP contribution in [0, 0.1) is 5.82 Å². The Morgan fingerprint density at radius 3 is 3.00 bits per heavy atom. The summed E-state index contributed by atoms with van der Waals surface area (Å²) in [6.45, 7) is 1.98. The van der Waals surface area contributed by atoms with Crippen molar-refractivity contribution in [3.63, 3.8) is 0 Å². The van der Waals surface area contributed by atoms with Gasteiger partial charge >= 0.3 is 0 Å². The molecule has 0 aliphatic carbocycles. The number of benzene rings is 1. The molecule has 0 fully saturated rings. The molecule has 2 aromatic rings. The second kappa shape index (κ2) is 3.00. The molecule has 0 amide bonds. The zero-order valence-electron chi connectivity index (χ0n) is 7.06. The van der Waals surface area contributed by atoms with Crippen molar-refractivity contribution in [2.75, 3.05) is 0 Å². The number of H-pyrrole nitrogens is 1. The van der Waals surface area contributed by atoms with Crippen molar-refractivity contribution in [3.05, 3.63) is 28.8 Å². The van der Waals surface area contributed by atoms with Gasteiger partial charge in [-0.15, -0.1) is 0 Å². The summed E-state index contributed by atoms with van der Waals surface area (Å²) in [5, 5.41) is 0.113. The Morgan fingerprint density at radius 1 is 1.54 bits per heavy atom. The number of nitrogens with zero attached hydrogens (tertiary/aromatic N) is 1. The number of hydrogen-bond donors (Lipinski definition) is 1. The number of aryl methyl sites for hydroxylation is 1. The van der Waals surface area contributed by atoms with Crippen molar-refractivity contribution in [1.29, 1.82) is 0 Å². The molecule has 1 N–H and O–H groups in total. The molecule has 0 aliphatic rings. The zero-order chi connectivity index (χ0) is 9.42. The van der Waals surface area contributed by atoms with Crippen molar-refractivity contribution < 1.29 is 4.39 Å². The molecule has 1 aromatic carbocycles. The van der Waals surface area contributed by atoms with Crippen LogP contribution in [0.5, 0.6) is 0 Å². The molecular formula is C9H8ClFN2. The summed E-state index contributed by atoms with van der Waals surface area (Å²) < 4.78 is 13.0. The number of imidazole rings is 1. The second-order valence-electron chi connectivity index (χ2n) is 2.82. The lowest BCUT2D eigenvalue weighted by molar-refractivity contribution is 0.630. The van der Waals surface area contributed by atoms with E-state index >= 15 is 0 Å². The van der Waals surface area contributed by atoms with E-state index in [9.17, 15) is 4.39 Å². The summed E-state index contributed by atoms with van der Waals surface area (Å²) >= 11 is 5.61. The minimum atomic E-state index is -0.416. The highest BCUT2D eigenvalue weighted by Gasteiger charge is 2.05.